The summed E-state index contributed by atoms with van der Waals surface area (Å²) in [6.45, 7) is 0.410. The van der Waals surface area contributed by atoms with Crippen LogP contribution in [0.1, 0.15) is 16.1 Å². The molecule has 1 N–H and O–H groups in total. The Kier molecular flexibility index (Phi) is 5.03. The molecule has 1 rings (SSSR count). The van der Waals surface area contributed by atoms with Crippen molar-refractivity contribution in [2.75, 3.05) is 12.4 Å². The van der Waals surface area contributed by atoms with Gasteiger partial charge in [0.25, 0.3) is 5.91 Å². The fourth-order valence-electron chi connectivity index (χ4n) is 0.983. The molecule has 0 aliphatic heterocycles. The summed E-state index contributed by atoms with van der Waals surface area (Å²) in [7, 11) is 0. The van der Waals surface area contributed by atoms with Crippen molar-refractivity contribution in [3.05, 3.63) is 41.7 Å². The first-order valence-corrected chi connectivity index (χ1v) is 5.16. The Morgan fingerprint density at radius 1 is 1.56 bits per heavy atom. The molecule has 0 atom stereocenters. The lowest BCUT2D eigenvalue weighted by Gasteiger charge is -2.00. The predicted octanol–water partition coefficient (Wildman–Crippen LogP) is 1.48. The SMILES string of the molecule is N#Cc1ccc(C(=O)NC/C=C/CCl)nc1. The van der Waals surface area contributed by atoms with E-state index in [1.807, 2.05) is 6.07 Å². The summed E-state index contributed by atoms with van der Waals surface area (Å²) in [5.74, 6) is 0.147. The van der Waals surface area contributed by atoms with Gasteiger partial charge in [-0.15, -0.1) is 11.6 Å². The summed E-state index contributed by atoms with van der Waals surface area (Å²) < 4.78 is 0. The number of aromatic nitrogens is 1. The van der Waals surface area contributed by atoms with E-state index in [4.69, 9.17) is 16.9 Å². The molecule has 1 amide bonds. The van der Waals surface area contributed by atoms with E-state index in [9.17, 15) is 4.79 Å². The zero-order chi connectivity index (χ0) is 11.8. The fraction of sp³-hybridized carbons (Fsp3) is 0.182. The Morgan fingerprint density at radius 3 is 2.94 bits per heavy atom. The van der Waals surface area contributed by atoms with Crippen molar-refractivity contribution < 1.29 is 4.79 Å². The molecule has 0 spiro atoms. The summed E-state index contributed by atoms with van der Waals surface area (Å²) in [5, 5.41) is 11.2. The number of nitrogens with zero attached hydrogens (tertiary/aromatic N) is 2. The number of carbonyl (C=O) groups excluding carboxylic acids is 1. The number of nitriles is 1. The van der Waals surface area contributed by atoms with Gasteiger partial charge in [-0.1, -0.05) is 12.2 Å². The van der Waals surface area contributed by atoms with Gasteiger partial charge in [0.15, 0.2) is 0 Å². The molecule has 0 fully saturated rings. The maximum atomic E-state index is 11.5. The van der Waals surface area contributed by atoms with Crippen LogP contribution in [0.4, 0.5) is 0 Å². The lowest BCUT2D eigenvalue weighted by atomic mass is 10.2. The molecule has 0 aliphatic carbocycles. The molecule has 1 aromatic heterocycles. The Morgan fingerprint density at radius 2 is 2.38 bits per heavy atom. The van der Waals surface area contributed by atoms with Crippen LogP contribution in [0.2, 0.25) is 0 Å². The second-order valence-corrected chi connectivity index (χ2v) is 3.19. The lowest BCUT2D eigenvalue weighted by Crippen LogP contribution is -2.24. The Labute approximate surface area is 98.6 Å². The van der Waals surface area contributed by atoms with Gasteiger partial charge in [0.2, 0.25) is 0 Å². The number of hydrogen-bond donors (Lipinski definition) is 1. The molecule has 0 aromatic carbocycles. The minimum atomic E-state index is -0.274. The van der Waals surface area contributed by atoms with E-state index >= 15 is 0 Å². The van der Waals surface area contributed by atoms with Crippen LogP contribution in [-0.2, 0) is 0 Å². The summed E-state index contributed by atoms with van der Waals surface area (Å²) in [5.41, 5.74) is 0.719. The highest BCUT2D eigenvalue weighted by molar-refractivity contribution is 6.18. The van der Waals surface area contributed by atoms with Crippen molar-refractivity contribution >= 4 is 17.5 Å². The molecule has 5 heteroatoms. The van der Waals surface area contributed by atoms with Crippen LogP contribution in [-0.4, -0.2) is 23.3 Å². The summed E-state index contributed by atoms with van der Waals surface area (Å²) in [6, 6.07) is 5.00. The maximum Gasteiger partial charge on any atom is 0.270 e. The van der Waals surface area contributed by atoms with Crippen LogP contribution >= 0.6 is 11.6 Å². The zero-order valence-electron chi connectivity index (χ0n) is 8.48. The molecule has 1 heterocycles. The minimum absolute atomic E-state index is 0.274. The van der Waals surface area contributed by atoms with Gasteiger partial charge in [-0.05, 0) is 12.1 Å². The monoisotopic (exact) mass is 235 g/mol. The molecule has 0 aliphatic rings. The van der Waals surface area contributed by atoms with Gasteiger partial charge in [0.1, 0.15) is 11.8 Å². The number of carbonyl (C=O) groups is 1. The first-order chi connectivity index (χ1) is 7.77. The molecular weight excluding hydrogens is 226 g/mol. The first-order valence-electron chi connectivity index (χ1n) is 4.63. The Bertz CT molecular complexity index is 420. The van der Waals surface area contributed by atoms with Crippen LogP contribution in [0, 0.1) is 11.3 Å². The topological polar surface area (TPSA) is 65.8 Å². The van der Waals surface area contributed by atoms with Crippen molar-refractivity contribution in [3.63, 3.8) is 0 Å². The van der Waals surface area contributed by atoms with E-state index in [1.54, 1.807) is 18.2 Å². The average molecular weight is 236 g/mol. The van der Waals surface area contributed by atoms with Gasteiger partial charge in [-0.3, -0.25) is 4.79 Å². The molecule has 82 valence electrons. The second-order valence-electron chi connectivity index (χ2n) is 2.88. The molecule has 0 radical (unpaired) electrons. The summed E-state index contributed by atoms with van der Waals surface area (Å²) in [4.78, 5) is 15.3. The second kappa shape index (κ2) is 6.59. The third kappa shape index (κ3) is 3.71. The highest BCUT2D eigenvalue weighted by atomic mass is 35.5. The van der Waals surface area contributed by atoms with Crippen molar-refractivity contribution in [1.82, 2.24) is 10.3 Å². The molecule has 1 aromatic rings. The molecule has 4 nitrogen and oxygen atoms in total. The van der Waals surface area contributed by atoms with Crippen molar-refractivity contribution in [2.45, 2.75) is 0 Å². The zero-order valence-corrected chi connectivity index (χ0v) is 9.24. The van der Waals surface area contributed by atoms with Gasteiger partial charge in [0, 0.05) is 18.6 Å². The summed E-state index contributed by atoms with van der Waals surface area (Å²) in [6.07, 6.45) is 4.87. The highest BCUT2D eigenvalue weighted by Gasteiger charge is 2.04. The van der Waals surface area contributed by atoms with Gasteiger partial charge in [-0.2, -0.15) is 5.26 Å². The number of nitrogens with one attached hydrogen (secondary N) is 1. The lowest BCUT2D eigenvalue weighted by molar-refractivity contribution is 0.0953. The van der Waals surface area contributed by atoms with Crippen LogP contribution in [0.15, 0.2) is 30.5 Å². The van der Waals surface area contributed by atoms with E-state index < -0.39 is 0 Å². The van der Waals surface area contributed by atoms with Crippen molar-refractivity contribution in [2.24, 2.45) is 0 Å². The number of halogens is 1. The number of amides is 1. The molecule has 0 unspecified atom stereocenters. The van der Waals surface area contributed by atoms with E-state index in [1.165, 1.54) is 12.3 Å². The molecule has 0 saturated heterocycles. The molecule has 16 heavy (non-hydrogen) atoms. The van der Waals surface area contributed by atoms with Gasteiger partial charge < -0.3 is 5.32 Å². The van der Waals surface area contributed by atoms with E-state index in [2.05, 4.69) is 10.3 Å². The highest BCUT2D eigenvalue weighted by Crippen LogP contribution is 1.98. The van der Waals surface area contributed by atoms with Crippen LogP contribution in [0.3, 0.4) is 0 Å². The van der Waals surface area contributed by atoms with E-state index in [-0.39, 0.29) is 5.91 Å². The van der Waals surface area contributed by atoms with Crippen LogP contribution in [0.25, 0.3) is 0 Å². The molecule has 0 saturated carbocycles. The van der Waals surface area contributed by atoms with Crippen molar-refractivity contribution in [1.29, 1.82) is 5.26 Å². The van der Waals surface area contributed by atoms with E-state index in [0.29, 0.717) is 23.7 Å². The number of allylic oxidation sites excluding steroid dienone is 1. The standard InChI is InChI=1S/C11H10ClN3O/c12-5-1-2-6-14-11(16)10-4-3-9(7-13)8-15-10/h1-4,8H,5-6H2,(H,14,16)/b2-1+. The Hall–Kier alpha value is -1.86. The predicted molar refractivity (Wildman–Crippen MR) is 61.1 cm³/mol. The third-order valence-electron chi connectivity index (χ3n) is 1.76. The van der Waals surface area contributed by atoms with Gasteiger partial charge >= 0.3 is 0 Å². The third-order valence-corrected chi connectivity index (χ3v) is 1.94. The van der Waals surface area contributed by atoms with Gasteiger partial charge in [-0.25, -0.2) is 4.98 Å². The smallest absolute Gasteiger partial charge is 0.270 e. The largest absolute Gasteiger partial charge is 0.347 e. The van der Waals surface area contributed by atoms with Crippen LogP contribution in [0.5, 0.6) is 0 Å². The summed E-state index contributed by atoms with van der Waals surface area (Å²) >= 11 is 5.42. The average Bonchev–Trinajstić information content (AvgIpc) is 2.34. The minimum Gasteiger partial charge on any atom is -0.347 e. The first kappa shape index (κ1) is 12.2. The van der Waals surface area contributed by atoms with Crippen LogP contribution < -0.4 is 5.32 Å². The maximum absolute atomic E-state index is 11.5. The molecule has 0 bridgehead atoms. The van der Waals surface area contributed by atoms with E-state index in [0.717, 1.165) is 0 Å². The number of rotatable bonds is 4. The van der Waals surface area contributed by atoms with Crippen molar-refractivity contribution in [3.8, 4) is 6.07 Å². The fourth-order valence-corrected chi connectivity index (χ4v) is 1.11. The quantitative estimate of drug-likeness (QED) is 0.635. The van der Waals surface area contributed by atoms with Gasteiger partial charge in [0.05, 0.1) is 5.56 Å². The normalized spacial score (nSPS) is 10.0. The number of hydrogen-bond acceptors (Lipinski definition) is 3. The number of alkyl halides is 1. The Balaban J connectivity index is 2.53. The molecular formula is C11H10ClN3O. The number of pyridine rings is 1.